The fraction of sp³-hybridized carbons (Fsp3) is 0.400. The van der Waals surface area contributed by atoms with Crippen LogP contribution < -0.4 is 34.7 Å². The number of benzene rings is 2. The fourth-order valence-corrected chi connectivity index (χ4v) is 5.00. The highest BCUT2D eigenvalue weighted by atomic mass is 16.5. The second-order valence-electron chi connectivity index (χ2n) is 10.2. The lowest BCUT2D eigenvalue weighted by molar-refractivity contribution is -0.132. The monoisotopic (exact) mass is 564 g/mol. The number of ether oxygens (including phenoxy) is 5. The minimum absolute atomic E-state index is 0.0750. The summed E-state index contributed by atoms with van der Waals surface area (Å²) in [5, 5.41) is 2.76. The highest BCUT2D eigenvalue weighted by molar-refractivity contribution is 5.96. The number of hydrogen-bond donors (Lipinski definition) is 2. The van der Waals surface area contributed by atoms with E-state index in [1.807, 2.05) is 32.9 Å². The zero-order valence-electron chi connectivity index (χ0n) is 24.7. The Balaban J connectivity index is 1.53. The Morgan fingerprint density at radius 2 is 1.68 bits per heavy atom. The summed E-state index contributed by atoms with van der Waals surface area (Å²) in [4.78, 5) is 33.7. The third-order valence-corrected chi connectivity index (χ3v) is 7.46. The Morgan fingerprint density at radius 1 is 1.02 bits per heavy atom. The molecular weight excluding hydrogens is 528 g/mol. The first-order chi connectivity index (χ1) is 19.4. The van der Waals surface area contributed by atoms with Crippen LogP contribution in [0.2, 0.25) is 0 Å². The Labute approximate surface area is 239 Å². The molecule has 2 aromatic carbocycles. The van der Waals surface area contributed by atoms with E-state index < -0.39 is 11.5 Å². The highest BCUT2D eigenvalue weighted by Gasteiger charge is 2.41. The van der Waals surface area contributed by atoms with Crippen LogP contribution in [0.3, 0.4) is 0 Å². The van der Waals surface area contributed by atoms with Gasteiger partial charge in [-0.25, -0.2) is 4.98 Å². The molecular formula is C30H36N4O7. The number of carbonyl (C=O) groups excluding carboxylic acids is 2. The van der Waals surface area contributed by atoms with Gasteiger partial charge in [0.15, 0.2) is 17.1 Å². The number of hydrogen-bond acceptors (Lipinski definition) is 10. The maximum atomic E-state index is 13.4. The van der Waals surface area contributed by atoms with Gasteiger partial charge in [-0.2, -0.15) is 4.98 Å². The molecule has 1 atom stereocenters. The molecule has 3 N–H and O–H groups in total. The van der Waals surface area contributed by atoms with Gasteiger partial charge >= 0.3 is 5.97 Å². The van der Waals surface area contributed by atoms with E-state index in [9.17, 15) is 9.59 Å². The van der Waals surface area contributed by atoms with Crippen molar-refractivity contribution in [2.24, 2.45) is 0 Å². The highest BCUT2D eigenvalue weighted by Crippen LogP contribution is 2.44. The number of anilines is 2. The maximum Gasteiger partial charge on any atom is 0.308 e. The second-order valence-corrected chi connectivity index (χ2v) is 10.2. The number of nitrogens with two attached hydrogens (primary N) is 1. The topological polar surface area (TPSA) is 144 Å². The van der Waals surface area contributed by atoms with Crippen LogP contribution in [0.1, 0.15) is 53.6 Å². The molecule has 218 valence electrons. The van der Waals surface area contributed by atoms with Crippen molar-refractivity contribution >= 4 is 23.6 Å². The lowest BCUT2D eigenvalue weighted by Gasteiger charge is -2.36. The molecule has 2 heterocycles. The summed E-state index contributed by atoms with van der Waals surface area (Å²) in [7, 11) is 4.64. The Bertz CT molecular complexity index is 1500. The zero-order chi connectivity index (χ0) is 30.1. The van der Waals surface area contributed by atoms with Gasteiger partial charge < -0.3 is 29.4 Å². The van der Waals surface area contributed by atoms with E-state index in [0.29, 0.717) is 53.6 Å². The van der Waals surface area contributed by atoms with Gasteiger partial charge in [-0.15, -0.1) is 0 Å². The number of carbonyl (C=O) groups is 2. The Kier molecular flexibility index (Phi) is 8.27. The number of methoxy groups -OCH3 is 3. The molecule has 41 heavy (non-hydrogen) atoms. The standard InChI is InChI=1S/C30H36N4O7/c1-15-16(2)25-21(17(3)24(15)40-18(4)35)9-10-30(5,41-25)28(36)34-29-32-14-20(27(31)33-29)11-19-12-22(37-6)26(39-8)23(13-19)38-7/h12-14H,9-11H2,1-8H3,(H3,31,32,33,34,36). The Morgan fingerprint density at radius 3 is 2.24 bits per heavy atom. The van der Waals surface area contributed by atoms with Gasteiger partial charge in [-0.05, 0) is 68.5 Å². The average molecular weight is 565 g/mol. The predicted octanol–water partition coefficient (Wildman–Crippen LogP) is 4.25. The van der Waals surface area contributed by atoms with E-state index in [-0.39, 0.29) is 17.7 Å². The van der Waals surface area contributed by atoms with E-state index >= 15 is 0 Å². The predicted molar refractivity (Wildman–Crippen MR) is 153 cm³/mol. The first-order valence-corrected chi connectivity index (χ1v) is 13.1. The largest absolute Gasteiger partial charge is 0.493 e. The number of aromatic nitrogens is 2. The number of nitrogens with zero attached hydrogens (tertiary/aromatic N) is 2. The molecule has 11 nitrogen and oxygen atoms in total. The van der Waals surface area contributed by atoms with Crippen LogP contribution in [0.25, 0.3) is 0 Å². The molecule has 1 amide bonds. The van der Waals surface area contributed by atoms with Crippen molar-refractivity contribution in [1.82, 2.24) is 9.97 Å². The van der Waals surface area contributed by atoms with E-state index in [1.54, 1.807) is 34.4 Å². The number of rotatable bonds is 8. The van der Waals surface area contributed by atoms with Crippen molar-refractivity contribution in [3.8, 4) is 28.7 Å². The summed E-state index contributed by atoms with van der Waals surface area (Å²) >= 11 is 0. The molecule has 0 radical (unpaired) electrons. The number of nitrogen functional groups attached to an aromatic ring is 1. The van der Waals surface area contributed by atoms with Gasteiger partial charge in [-0.1, -0.05) is 0 Å². The van der Waals surface area contributed by atoms with Crippen LogP contribution in [0.5, 0.6) is 28.7 Å². The molecule has 0 spiro atoms. The van der Waals surface area contributed by atoms with Crippen LogP contribution in [-0.4, -0.2) is 48.8 Å². The number of nitrogens with one attached hydrogen (secondary N) is 1. The number of amides is 1. The molecule has 0 saturated carbocycles. The SMILES string of the molecule is COc1cc(Cc2cnc(NC(=O)C3(C)CCc4c(C)c(OC(C)=O)c(C)c(C)c4O3)nc2N)cc(OC)c1OC. The normalized spacial score (nSPS) is 15.8. The third-order valence-electron chi connectivity index (χ3n) is 7.46. The summed E-state index contributed by atoms with van der Waals surface area (Å²) in [6, 6.07) is 3.66. The van der Waals surface area contributed by atoms with Crippen molar-refractivity contribution in [1.29, 1.82) is 0 Å². The van der Waals surface area contributed by atoms with Gasteiger partial charge in [0.25, 0.3) is 5.91 Å². The van der Waals surface area contributed by atoms with Crippen LogP contribution >= 0.6 is 0 Å². The van der Waals surface area contributed by atoms with Gasteiger partial charge in [-0.3, -0.25) is 14.9 Å². The average Bonchev–Trinajstić information content (AvgIpc) is 2.94. The molecule has 1 unspecified atom stereocenters. The van der Waals surface area contributed by atoms with Crippen molar-refractivity contribution in [3.63, 3.8) is 0 Å². The van der Waals surface area contributed by atoms with Crippen molar-refractivity contribution < 1.29 is 33.3 Å². The van der Waals surface area contributed by atoms with Crippen LogP contribution in [0.15, 0.2) is 18.3 Å². The first kappa shape index (κ1) is 29.4. The number of esters is 1. The molecule has 11 heteroatoms. The van der Waals surface area contributed by atoms with Gasteiger partial charge in [0.2, 0.25) is 11.7 Å². The lowest BCUT2D eigenvalue weighted by Crippen LogP contribution is -2.48. The molecule has 0 saturated heterocycles. The number of fused-ring (bicyclic) bond motifs is 1. The van der Waals surface area contributed by atoms with Gasteiger partial charge in [0, 0.05) is 37.1 Å². The smallest absolute Gasteiger partial charge is 0.308 e. The van der Waals surface area contributed by atoms with Crippen LogP contribution in [0.4, 0.5) is 11.8 Å². The zero-order valence-corrected chi connectivity index (χ0v) is 24.7. The van der Waals surface area contributed by atoms with E-state index in [1.165, 1.54) is 6.92 Å². The fourth-order valence-electron chi connectivity index (χ4n) is 5.00. The molecule has 4 rings (SSSR count). The molecule has 0 aliphatic carbocycles. The molecule has 0 fully saturated rings. The van der Waals surface area contributed by atoms with Crippen molar-refractivity contribution in [2.45, 2.75) is 59.5 Å². The van der Waals surface area contributed by atoms with E-state index in [2.05, 4.69) is 15.3 Å². The Hall–Kier alpha value is -4.54. The maximum absolute atomic E-state index is 13.4. The van der Waals surface area contributed by atoms with Crippen LogP contribution in [-0.2, 0) is 22.4 Å². The summed E-state index contributed by atoms with van der Waals surface area (Å²) < 4.78 is 28.1. The summed E-state index contributed by atoms with van der Waals surface area (Å²) in [5.41, 5.74) is 9.97. The van der Waals surface area contributed by atoms with Crippen molar-refractivity contribution in [3.05, 3.63) is 51.7 Å². The summed E-state index contributed by atoms with van der Waals surface area (Å²) in [6.07, 6.45) is 2.95. The molecule has 1 aromatic heterocycles. The molecule has 0 bridgehead atoms. The molecule has 1 aliphatic heterocycles. The summed E-state index contributed by atoms with van der Waals surface area (Å²) in [5.74, 6) is 2.24. The van der Waals surface area contributed by atoms with Crippen LogP contribution in [0, 0.1) is 20.8 Å². The van der Waals surface area contributed by atoms with Gasteiger partial charge in [0.1, 0.15) is 17.3 Å². The minimum atomic E-state index is -1.17. The quantitative estimate of drug-likeness (QED) is 0.301. The van der Waals surface area contributed by atoms with E-state index in [0.717, 1.165) is 27.8 Å². The van der Waals surface area contributed by atoms with Gasteiger partial charge in [0.05, 0.1) is 21.3 Å². The lowest BCUT2D eigenvalue weighted by atomic mass is 9.86. The third kappa shape index (κ3) is 5.70. The summed E-state index contributed by atoms with van der Waals surface area (Å²) in [6.45, 7) is 8.76. The second kappa shape index (κ2) is 11.5. The molecule has 1 aliphatic rings. The molecule has 3 aromatic rings. The first-order valence-electron chi connectivity index (χ1n) is 13.1. The minimum Gasteiger partial charge on any atom is -0.493 e. The van der Waals surface area contributed by atoms with E-state index in [4.69, 9.17) is 29.4 Å². The van der Waals surface area contributed by atoms with Crippen molar-refractivity contribution in [2.75, 3.05) is 32.4 Å².